The van der Waals surface area contributed by atoms with Gasteiger partial charge in [0.05, 0.1) is 5.69 Å². The molecule has 3 rings (SSSR count). The van der Waals surface area contributed by atoms with Crippen LogP contribution in [0.1, 0.15) is 16.2 Å². The number of carbonyl (C=O) groups excluding carboxylic acids is 1. The number of aryl methyl sites for hydroxylation is 1. The number of benzene rings is 1. The van der Waals surface area contributed by atoms with Gasteiger partial charge in [0.1, 0.15) is 11.5 Å². The molecular formula is C14H12N4OS. The third kappa shape index (κ3) is 2.33. The minimum atomic E-state index is -0.309. The van der Waals surface area contributed by atoms with E-state index >= 15 is 0 Å². The first-order valence-corrected chi connectivity index (χ1v) is 6.90. The highest BCUT2D eigenvalue weighted by Gasteiger charge is 2.12. The molecule has 5 nitrogen and oxygen atoms in total. The zero-order chi connectivity index (χ0) is 14.1. The van der Waals surface area contributed by atoms with Gasteiger partial charge in [0.15, 0.2) is 5.13 Å². The Morgan fingerprint density at radius 2 is 2.10 bits per heavy atom. The van der Waals surface area contributed by atoms with Crippen molar-refractivity contribution in [2.24, 2.45) is 0 Å². The number of pyridine rings is 1. The number of carbonyl (C=O) groups is 1. The molecule has 2 heterocycles. The van der Waals surface area contributed by atoms with E-state index < -0.39 is 0 Å². The molecule has 0 fully saturated rings. The Morgan fingerprint density at radius 3 is 2.85 bits per heavy atom. The van der Waals surface area contributed by atoms with Crippen LogP contribution in [0, 0.1) is 6.92 Å². The van der Waals surface area contributed by atoms with Crippen molar-refractivity contribution >= 4 is 39.0 Å². The molecule has 0 aliphatic carbocycles. The maximum atomic E-state index is 12.2. The molecule has 3 N–H and O–H groups in total. The molecule has 0 aliphatic rings. The molecule has 3 aromatic rings. The number of thiazole rings is 1. The van der Waals surface area contributed by atoms with E-state index in [9.17, 15) is 4.79 Å². The summed E-state index contributed by atoms with van der Waals surface area (Å²) in [7, 11) is 0. The standard InChI is InChI=1S/C14H12N4OS/c1-8-7-20-14(16-8)18-13(19)11-6-9-4-2-3-5-10(9)12(15)17-11/h2-7H,1H3,(H2,15,17)(H,16,18,19). The second-order valence-corrected chi connectivity index (χ2v) is 5.22. The predicted octanol–water partition coefficient (Wildman–Crippen LogP) is 2.83. The summed E-state index contributed by atoms with van der Waals surface area (Å²) < 4.78 is 0. The number of amides is 1. The molecule has 0 unspecified atom stereocenters. The normalized spacial score (nSPS) is 10.7. The number of nitrogens with one attached hydrogen (secondary N) is 1. The van der Waals surface area contributed by atoms with Crippen molar-refractivity contribution < 1.29 is 4.79 Å². The monoisotopic (exact) mass is 284 g/mol. The highest BCUT2D eigenvalue weighted by molar-refractivity contribution is 7.13. The van der Waals surface area contributed by atoms with Crippen LogP contribution in [0.25, 0.3) is 10.8 Å². The summed E-state index contributed by atoms with van der Waals surface area (Å²) in [4.78, 5) is 20.5. The van der Waals surface area contributed by atoms with Gasteiger partial charge in [-0.1, -0.05) is 24.3 Å². The van der Waals surface area contributed by atoms with E-state index in [1.807, 2.05) is 36.6 Å². The number of nitrogens with two attached hydrogens (primary N) is 1. The summed E-state index contributed by atoms with van der Waals surface area (Å²) in [5.74, 6) is 0.0420. The Bertz CT molecular complexity index is 797. The molecular weight excluding hydrogens is 272 g/mol. The van der Waals surface area contributed by atoms with E-state index in [0.717, 1.165) is 16.5 Å². The van der Waals surface area contributed by atoms with Gasteiger partial charge in [-0.3, -0.25) is 10.1 Å². The summed E-state index contributed by atoms with van der Waals surface area (Å²) in [5.41, 5.74) is 7.05. The fraction of sp³-hybridized carbons (Fsp3) is 0.0714. The van der Waals surface area contributed by atoms with Crippen molar-refractivity contribution in [2.45, 2.75) is 6.92 Å². The number of nitrogen functional groups attached to an aromatic ring is 1. The molecule has 0 spiro atoms. The first-order chi connectivity index (χ1) is 9.63. The lowest BCUT2D eigenvalue weighted by Crippen LogP contribution is -2.14. The zero-order valence-electron chi connectivity index (χ0n) is 10.8. The average Bonchev–Trinajstić information content (AvgIpc) is 2.84. The first-order valence-electron chi connectivity index (χ1n) is 6.02. The Hall–Kier alpha value is -2.47. The van der Waals surface area contributed by atoms with Crippen LogP contribution in [0.5, 0.6) is 0 Å². The van der Waals surface area contributed by atoms with Crippen molar-refractivity contribution in [3.05, 3.63) is 47.1 Å². The van der Waals surface area contributed by atoms with Gasteiger partial charge in [0.2, 0.25) is 0 Å². The molecule has 2 aromatic heterocycles. The maximum Gasteiger partial charge on any atom is 0.276 e. The summed E-state index contributed by atoms with van der Waals surface area (Å²) in [6.45, 7) is 1.87. The van der Waals surface area contributed by atoms with Crippen molar-refractivity contribution in [1.29, 1.82) is 0 Å². The third-order valence-electron chi connectivity index (χ3n) is 2.84. The Balaban J connectivity index is 1.95. The van der Waals surface area contributed by atoms with E-state index in [2.05, 4.69) is 15.3 Å². The summed E-state index contributed by atoms with van der Waals surface area (Å²) in [6.07, 6.45) is 0. The second-order valence-electron chi connectivity index (χ2n) is 4.36. The van der Waals surface area contributed by atoms with Gasteiger partial charge < -0.3 is 5.73 Å². The molecule has 1 aromatic carbocycles. The number of nitrogens with zero attached hydrogens (tertiary/aromatic N) is 2. The quantitative estimate of drug-likeness (QED) is 0.758. The molecule has 0 saturated heterocycles. The van der Waals surface area contributed by atoms with Gasteiger partial charge in [-0.25, -0.2) is 9.97 Å². The molecule has 100 valence electrons. The molecule has 0 aliphatic heterocycles. The Morgan fingerprint density at radius 1 is 1.30 bits per heavy atom. The van der Waals surface area contributed by atoms with E-state index in [1.165, 1.54) is 11.3 Å². The Labute approximate surface area is 119 Å². The molecule has 1 amide bonds. The predicted molar refractivity (Wildman–Crippen MR) is 81.0 cm³/mol. The molecule has 0 radical (unpaired) electrons. The fourth-order valence-corrected chi connectivity index (χ4v) is 2.60. The lowest BCUT2D eigenvalue weighted by molar-refractivity contribution is 0.102. The summed E-state index contributed by atoms with van der Waals surface area (Å²) in [6, 6.07) is 9.29. The van der Waals surface area contributed by atoms with E-state index in [0.29, 0.717) is 10.9 Å². The maximum absolute atomic E-state index is 12.2. The number of rotatable bonds is 2. The molecule has 6 heteroatoms. The first kappa shape index (κ1) is 12.6. The minimum Gasteiger partial charge on any atom is -0.383 e. The van der Waals surface area contributed by atoms with Crippen LogP contribution in [0.3, 0.4) is 0 Å². The zero-order valence-corrected chi connectivity index (χ0v) is 11.6. The van der Waals surface area contributed by atoms with Crippen molar-refractivity contribution in [1.82, 2.24) is 9.97 Å². The smallest absolute Gasteiger partial charge is 0.276 e. The van der Waals surface area contributed by atoms with E-state index in [4.69, 9.17) is 5.73 Å². The van der Waals surface area contributed by atoms with Crippen molar-refractivity contribution in [3.63, 3.8) is 0 Å². The van der Waals surface area contributed by atoms with Crippen LogP contribution >= 0.6 is 11.3 Å². The van der Waals surface area contributed by atoms with Gasteiger partial charge in [0.25, 0.3) is 5.91 Å². The molecule has 0 bridgehead atoms. The largest absolute Gasteiger partial charge is 0.383 e. The van der Waals surface area contributed by atoms with Crippen LogP contribution in [0.4, 0.5) is 10.9 Å². The molecule has 0 saturated carbocycles. The molecule has 20 heavy (non-hydrogen) atoms. The summed E-state index contributed by atoms with van der Waals surface area (Å²) >= 11 is 1.38. The number of anilines is 2. The highest BCUT2D eigenvalue weighted by Crippen LogP contribution is 2.21. The van der Waals surface area contributed by atoms with Crippen molar-refractivity contribution in [3.8, 4) is 0 Å². The average molecular weight is 284 g/mol. The topological polar surface area (TPSA) is 80.9 Å². The summed E-state index contributed by atoms with van der Waals surface area (Å²) in [5, 5.41) is 6.88. The van der Waals surface area contributed by atoms with E-state index in [-0.39, 0.29) is 11.6 Å². The minimum absolute atomic E-state index is 0.286. The van der Waals surface area contributed by atoms with Crippen LogP contribution in [0.15, 0.2) is 35.7 Å². The number of hydrogen-bond acceptors (Lipinski definition) is 5. The van der Waals surface area contributed by atoms with Gasteiger partial charge in [0, 0.05) is 10.8 Å². The van der Waals surface area contributed by atoms with Crippen LogP contribution in [-0.2, 0) is 0 Å². The van der Waals surface area contributed by atoms with Gasteiger partial charge in [-0.15, -0.1) is 11.3 Å². The Kier molecular flexibility index (Phi) is 3.08. The number of aromatic nitrogens is 2. The SMILES string of the molecule is Cc1csc(NC(=O)c2cc3ccccc3c(N)n2)n1. The van der Waals surface area contributed by atoms with Gasteiger partial charge in [-0.05, 0) is 18.4 Å². The lowest BCUT2D eigenvalue weighted by Gasteiger charge is -2.05. The fourth-order valence-electron chi connectivity index (χ4n) is 1.91. The third-order valence-corrected chi connectivity index (χ3v) is 3.72. The van der Waals surface area contributed by atoms with Gasteiger partial charge >= 0.3 is 0 Å². The number of fused-ring (bicyclic) bond motifs is 1. The van der Waals surface area contributed by atoms with Crippen molar-refractivity contribution in [2.75, 3.05) is 11.1 Å². The lowest BCUT2D eigenvalue weighted by atomic mass is 10.1. The second kappa shape index (κ2) is 4.90. The molecule has 0 atom stereocenters. The van der Waals surface area contributed by atoms with E-state index in [1.54, 1.807) is 6.07 Å². The highest BCUT2D eigenvalue weighted by atomic mass is 32.1. The van der Waals surface area contributed by atoms with Crippen LogP contribution < -0.4 is 11.1 Å². The van der Waals surface area contributed by atoms with Crippen LogP contribution in [0.2, 0.25) is 0 Å². The number of hydrogen-bond donors (Lipinski definition) is 2. The van der Waals surface area contributed by atoms with Crippen LogP contribution in [-0.4, -0.2) is 15.9 Å². The van der Waals surface area contributed by atoms with Gasteiger partial charge in [-0.2, -0.15) is 0 Å².